The summed E-state index contributed by atoms with van der Waals surface area (Å²) < 4.78 is 16.9. The molecule has 0 amide bonds. The molecule has 0 radical (unpaired) electrons. The first-order valence-corrected chi connectivity index (χ1v) is 30.8. The van der Waals surface area contributed by atoms with E-state index in [9.17, 15) is 14.4 Å². The fourth-order valence-corrected chi connectivity index (χ4v) is 9.55. The Balaban J connectivity index is 4.25. The van der Waals surface area contributed by atoms with E-state index in [1.54, 1.807) is 0 Å². The van der Waals surface area contributed by atoms with Gasteiger partial charge in [0.1, 0.15) is 13.2 Å². The Morgan fingerprint density at radius 2 is 0.559 bits per heavy atom. The van der Waals surface area contributed by atoms with Gasteiger partial charge < -0.3 is 14.2 Å². The molecule has 0 aliphatic heterocycles. The zero-order chi connectivity index (χ0) is 49.6. The van der Waals surface area contributed by atoms with Gasteiger partial charge in [-0.25, -0.2) is 0 Å². The molecule has 6 heteroatoms. The van der Waals surface area contributed by atoms with Gasteiger partial charge in [-0.15, -0.1) is 0 Å². The van der Waals surface area contributed by atoms with E-state index in [0.29, 0.717) is 19.3 Å². The maximum Gasteiger partial charge on any atom is 0.306 e. The van der Waals surface area contributed by atoms with E-state index in [1.165, 1.54) is 238 Å². The third-order valence-electron chi connectivity index (χ3n) is 14.6. The van der Waals surface area contributed by atoms with Gasteiger partial charge in [-0.1, -0.05) is 311 Å². The van der Waals surface area contributed by atoms with E-state index >= 15 is 0 Å². The summed E-state index contributed by atoms with van der Waals surface area (Å²) in [7, 11) is 0. The highest BCUT2D eigenvalue weighted by Crippen LogP contribution is 2.19. The molecule has 0 rings (SSSR count). The highest BCUT2D eigenvalue weighted by Gasteiger charge is 2.19. The minimum Gasteiger partial charge on any atom is -0.462 e. The molecule has 0 heterocycles. The number of rotatable bonds is 56. The molecule has 0 aliphatic rings. The molecule has 0 aliphatic carbocycles. The number of hydrogen-bond acceptors (Lipinski definition) is 6. The van der Waals surface area contributed by atoms with E-state index in [4.69, 9.17) is 14.2 Å². The van der Waals surface area contributed by atoms with E-state index in [-0.39, 0.29) is 31.1 Å². The van der Waals surface area contributed by atoms with Crippen molar-refractivity contribution in [3.8, 4) is 0 Å². The Bertz CT molecular complexity index is 1040. The summed E-state index contributed by atoms with van der Waals surface area (Å²) in [5.41, 5.74) is 0. The fourth-order valence-electron chi connectivity index (χ4n) is 9.55. The smallest absolute Gasteiger partial charge is 0.306 e. The van der Waals surface area contributed by atoms with Gasteiger partial charge in [0.2, 0.25) is 0 Å². The minimum atomic E-state index is -0.763. The van der Waals surface area contributed by atoms with Crippen molar-refractivity contribution in [1.82, 2.24) is 0 Å². The van der Waals surface area contributed by atoms with Gasteiger partial charge in [0, 0.05) is 19.3 Å². The Morgan fingerprint density at radius 3 is 0.838 bits per heavy atom. The minimum absolute atomic E-state index is 0.0624. The zero-order valence-corrected chi connectivity index (χ0v) is 46.7. The van der Waals surface area contributed by atoms with Crippen LogP contribution in [0.1, 0.15) is 349 Å². The SMILES string of the molecule is CCCCCCCCCCCCCCCCCC(=O)OC[C@H](COC(=O)CCCCCCCCCCCCCCCCCCCCC(C)C)OC(=O)CCCCCCCCCCCCC(C)CC. The quantitative estimate of drug-likeness (QED) is 0.0343. The van der Waals surface area contributed by atoms with Crippen molar-refractivity contribution < 1.29 is 28.6 Å². The van der Waals surface area contributed by atoms with Crippen molar-refractivity contribution in [2.75, 3.05) is 13.2 Å². The van der Waals surface area contributed by atoms with Gasteiger partial charge in [0.15, 0.2) is 6.10 Å². The van der Waals surface area contributed by atoms with Crippen LogP contribution >= 0.6 is 0 Å². The first kappa shape index (κ1) is 66.4. The van der Waals surface area contributed by atoms with Crippen molar-refractivity contribution in [3.63, 3.8) is 0 Å². The van der Waals surface area contributed by atoms with Crippen molar-refractivity contribution in [2.45, 2.75) is 355 Å². The lowest BCUT2D eigenvalue weighted by atomic mass is 9.99. The van der Waals surface area contributed by atoms with E-state index in [2.05, 4.69) is 34.6 Å². The van der Waals surface area contributed by atoms with Gasteiger partial charge in [-0.3, -0.25) is 14.4 Å². The van der Waals surface area contributed by atoms with Crippen LogP contribution in [0.15, 0.2) is 0 Å². The Labute approximate surface area is 425 Å². The van der Waals surface area contributed by atoms with Crippen molar-refractivity contribution in [3.05, 3.63) is 0 Å². The third-order valence-corrected chi connectivity index (χ3v) is 14.6. The Kier molecular flexibility index (Phi) is 53.5. The molecule has 0 bridgehead atoms. The number of carbonyl (C=O) groups is 3. The summed E-state index contributed by atoms with van der Waals surface area (Å²) in [4.78, 5) is 38.2. The van der Waals surface area contributed by atoms with Gasteiger partial charge in [-0.05, 0) is 31.1 Å². The molecule has 2 atom stereocenters. The molecule has 0 N–H and O–H groups in total. The van der Waals surface area contributed by atoms with E-state index in [1.807, 2.05) is 0 Å². The lowest BCUT2D eigenvalue weighted by molar-refractivity contribution is -0.167. The number of unbranched alkanes of at least 4 members (excludes halogenated alkanes) is 40. The van der Waals surface area contributed by atoms with Crippen LogP contribution in [0.4, 0.5) is 0 Å². The summed E-state index contributed by atoms with van der Waals surface area (Å²) in [5, 5.41) is 0. The maximum absolute atomic E-state index is 12.9. The lowest BCUT2D eigenvalue weighted by Gasteiger charge is -2.18. The zero-order valence-electron chi connectivity index (χ0n) is 46.7. The molecule has 1 unspecified atom stereocenters. The average molecular weight is 962 g/mol. The third kappa shape index (κ3) is 53.8. The van der Waals surface area contributed by atoms with Crippen molar-refractivity contribution in [2.24, 2.45) is 11.8 Å². The van der Waals surface area contributed by atoms with Gasteiger partial charge in [0.25, 0.3) is 0 Å². The van der Waals surface area contributed by atoms with Crippen LogP contribution in [0.25, 0.3) is 0 Å². The molecule has 68 heavy (non-hydrogen) atoms. The molecule has 0 spiro atoms. The molecule has 0 aromatic rings. The first-order chi connectivity index (χ1) is 33.3. The topological polar surface area (TPSA) is 78.9 Å². The lowest BCUT2D eigenvalue weighted by Crippen LogP contribution is -2.30. The van der Waals surface area contributed by atoms with Crippen LogP contribution in [0, 0.1) is 11.8 Å². The summed E-state index contributed by atoms with van der Waals surface area (Å²) in [6, 6.07) is 0. The predicted molar refractivity (Wildman–Crippen MR) is 293 cm³/mol. The average Bonchev–Trinajstić information content (AvgIpc) is 3.32. The van der Waals surface area contributed by atoms with E-state index < -0.39 is 6.10 Å². The predicted octanol–water partition coefficient (Wildman–Crippen LogP) is 20.4. The molecular formula is C62H120O6. The second kappa shape index (κ2) is 54.7. The molecule has 0 aromatic heterocycles. The molecule has 6 nitrogen and oxygen atoms in total. The van der Waals surface area contributed by atoms with E-state index in [0.717, 1.165) is 69.6 Å². The normalized spacial score (nSPS) is 12.4. The highest BCUT2D eigenvalue weighted by atomic mass is 16.6. The summed E-state index contributed by atoms with van der Waals surface area (Å²) >= 11 is 0. The fraction of sp³-hybridized carbons (Fsp3) is 0.952. The molecule has 404 valence electrons. The van der Waals surface area contributed by atoms with Gasteiger partial charge >= 0.3 is 17.9 Å². The highest BCUT2D eigenvalue weighted by molar-refractivity contribution is 5.71. The molecule has 0 saturated heterocycles. The standard InChI is InChI=1S/C62H120O6/c1-6-8-9-10-11-12-13-14-19-23-26-32-37-42-47-52-60(63)66-55-59(68-62(65)54-49-44-39-34-29-28-31-36-41-46-51-58(5)7-2)56-67-61(64)53-48-43-38-33-27-24-21-18-16-15-17-20-22-25-30-35-40-45-50-57(3)4/h57-59H,6-56H2,1-5H3/t58?,59-/m1/s1. The summed E-state index contributed by atoms with van der Waals surface area (Å²) in [6.45, 7) is 11.5. The molecular weight excluding hydrogens is 841 g/mol. The van der Waals surface area contributed by atoms with Crippen LogP contribution in [-0.4, -0.2) is 37.2 Å². The number of carbonyl (C=O) groups excluding carboxylic acids is 3. The van der Waals surface area contributed by atoms with Crippen molar-refractivity contribution >= 4 is 17.9 Å². The summed E-state index contributed by atoms with van der Waals surface area (Å²) in [6.07, 6.45) is 59.5. The molecule has 0 saturated carbocycles. The van der Waals surface area contributed by atoms with Crippen LogP contribution < -0.4 is 0 Å². The van der Waals surface area contributed by atoms with Gasteiger partial charge in [0.05, 0.1) is 0 Å². The Morgan fingerprint density at radius 1 is 0.309 bits per heavy atom. The van der Waals surface area contributed by atoms with Crippen molar-refractivity contribution in [1.29, 1.82) is 0 Å². The monoisotopic (exact) mass is 961 g/mol. The Hall–Kier alpha value is -1.59. The summed E-state index contributed by atoms with van der Waals surface area (Å²) in [5.74, 6) is 0.891. The molecule has 0 aromatic carbocycles. The van der Waals surface area contributed by atoms with Crippen LogP contribution in [0.5, 0.6) is 0 Å². The number of hydrogen-bond donors (Lipinski definition) is 0. The van der Waals surface area contributed by atoms with Crippen LogP contribution in [-0.2, 0) is 28.6 Å². The number of ether oxygens (including phenoxy) is 3. The van der Waals surface area contributed by atoms with Gasteiger partial charge in [-0.2, -0.15) is 0 Å². The second-order valence-corrected chi connectivity index (χ2v) is 22.1. The first-order valence-electron chi connectivity index (χ1n) is 30.8. The van der Waals surface area contributed by atoms with Crippen LogP contribution in [0.2, 0.25) is 0 Å². The van der Waals surface area contributed by atoms with Crippen LogP contribution in [0.3, 0.4) is 0 Å². The number of esters is 3. The largest absolute Gasteiger partial charge is 0.462 e. The maximum atomic E-state index is 12.9. The molecule has 0 fully saturated rings. The second-order valence-electron chi connectivity index (χ2n) is 22.1.